The molecule has 0 aromatic heterocycles. The molecule has 0 N–H and O–H groups in total. The molecule has 0 unspecified atom stereocenters. The minimum absolute atomic E-state index is 0.0487. The van der Waals surface area contributed by atoms with Gasteiger partial charge in [-0.3, -0.25) is 34.1 Å². The lowest BCUT2D eigenvalue weighted by molar-refractivity contribution is -0.535. The van der Waals surface area contributed by atoms with Gasteiger partial charge in [0.2, 0.25) is 6.04 Å². The van der Waals surface area contributed by atoms with Crippen molar-refractivity contribution < 1.29 is 52.6 Å². The third-order valence-electron chi connectivity index (χ3n) is 5.66. The molecule has 1 aliphatic rings. The van der Waals surface area contributed by atoms with Gasteiger partial charge in [0.1, 0.15) is 6.61 Å². The molecule has 13 heteroatoms. The Hall–Kier alpha value is -3.51. The predicted octanol–water partition coefficient (Wildman–Crippen LogP) is 1.67. The van der Waals surface area contributed by atoms with Gasteiger partial charge in [-0.25, -0.2) is 0 Å². The number of ether oxygens (including phenoxy) is 5. The van der Waals surface area contributed by atoms with Gasteiger partial charge in [0.25, 0.3) is 0 Å². The van der Waals surface area contributed by atoms with Crippen molar-refractivity contribution in [2.75, 3.05) is 6.61 Å². The zero-order valence-corrected chi connectivity index (χ0v) is 21.4. The Kier molecular flexibility index (Phi) is 11.5. The van der Waals surface area contributed by atoms with Crippen LogP contribution in [-0.2, 0) is 47.7 Å². The van der Waals surface area contributed by atoms with E-state index in [1.54, 1.807) is 13.8 Å². The van der Waals surface area contributed by atoms with Gasteiger partial charge in [0.05, 0.1) is 5.92 Å². The lowest BCUT2D eigenvalue weighted by Gasteiger charge is -2.40. The van der Waals surface area contributed by atoms with Gasteiger partial charge >= 0.3 is 29.8 Å². The van der Waals surface area contributed by atoms with Crippen LogP contribution in [0.2, 0.25) is 0 Å². The van der Waals surface area contributed by atoms with Gasteiger partial charge < -0.3 is 23.7 Å². The van der Waals surface area contributed by atoms with Gasteiger partial charge in [0, 0.05) is 46.0 Å². The normalized spacial score (nSPS) is 20.8. The maximum Gasteiger partial charge on any atom is 0.303 e. The van der Waals surface area contributed by atoms with Crippen LogP contribution < -0.4 is 0 Å². The SMILES string of the molecule is CC(=O)OC[C@@H](OC(C)=O)[C@@H](OC(C)=O)[C@H](OC(C)=O)[C@H](OC(C)=O)[C@@H]1CC(C)=C(C)C[C@H]1[N+](=O)[O-]. The topological polar surface area (TPSA) is 175 Å². The standard InChI is InChI=1S/C23H33NO12/c1-11-8-18(19(24(30)31)9-12(11)2)21(34-15(5)27)23(36-17(7)29)22(35-16(6)28)20(33-14(4)26)10-32-13(3)25/h18-23H,8-10H2,1-7H3/t18-,19-,20-,21-,22-,23-/m1/s1. The van der Waals surface area contributed by atoms with E-state index in [4.69, 9.17) is 23.7 Å². The van der Waals surface area contributed by atoms with Crippen LogP contribution in [0.5, 0.6) is 0 Å². The number of hydrogen-bond donors (Lipinski definition) is 0. The first-order chi connectivity index (χ1) is 16.6. The number of nitro groups is 1. The Bertz CT molecular complexity index is 911. The molecule has 0 fully saturated rings. The van der Waals surface area contributed by atoms with Crippen LogP contribution in [0.15, 0.2) is 11.1 Å². The van der Waals surface area contributed by atoms with E-state index in [1.165, 1.54) is 0 Å². The highest BCUT2D eigenvalue weighted by atomic mass is 16.6. The molecule has 6 atom stereocenters. The molecule has 0 radical (unpaired) electrons. The quantitative estimate of drug-likeness (QED) is 0.128. The fourth-order valence-corrected chi connectivity index (χ4v) is 4.13. The van der Waals surface area contributed by atoms with Gasteiger partial charge in [0.15, 0.2) is 24.4 Å². The highest BCUT2D eigenvalue weighted by molar-refractivity contribution is 5.69. The Morgan fingerprint density at radius 2 is 1.25 bits per heavy atom. The number of nitrogens with zero attached hydrogens (tertiary/aromatic N) is 1. The van der Waals surface area contributed by atoms with E-state index in [0.717, 1.165) is 45.8 Å². The van der Waals surface area contributed by atoms with Gasteiger partial charge in [-0.15, -0.1) is 0 Å². The summed E-state index contributed by atoms with van der Waals surface area (Å²) < 4.78 is 26.4. The monoisotopic (exact) mass is 515 g/mol. The summed E-state index contributed by atoms with van der Waals surface area (Å²) in [6, 6.07) is -1.23. The summed E-state index contributed by atoms with van der Waals surface area (Å²) in [4.78, 5) is 71.0. The summed E-state index contributed by atoms with van der Waals surface area (Å²) in [5.41, 5.74) is 1.61. The summed E-state index contributed by atoms with van der Waals surface area (Å²) in [5.74, 6) is -5.20. The second-order valence-electron chi connectivity index (χ2n) is 8.66. The van der Waals surface area contributed by atoms with E-state index < -0.39 is 77.8 Å². The van der Waals surface area contributed by atoms with Crippen molar-refractivity contribution in [2.24, 2.45) is 5.92 Å². The largest absolute Gasteiger partial charge is 0.462 e. The van der Waals surface area contributed by atoms with Crippen LogP contribution in [-0.4, -0.2) is 71.8 Å². The Balaban J connectivity index is 3.72. The second kappa shape index (κ2) is 13.5. The van der Waals surface area contributed by atoms with Gasteiger partial charge in [-0.2, -0.15) is 0 Å². The molecular formula is C23H33NO12. The average molecular weight is 516 g/mol. The van der Waals surface area contributed by atoms with Crippen molar-refractivity contribution in [3.8, 4) is 0 Å². The number of rotatable bonds is 11. The third kappa shape index (κ3) is 9.27. The fraction of sp³-hybridized carbons (Fsp3) is 0.696. The number of hydrogen-bond acceptors (Lipinski definition) is 12. The van der Waals surface area contributed by atoms with Crippen LogP contribution in [0, 0.1) is 16.0 Å². The number of allylic oxidation sites excluding steroid dienone is 1. The van der Waals surface area contributed by atoms with E-state index in [-0.39, 0.29) is 12.8 Å². The van der Waals surface area contributed by atoms with E-state index in [2.05, 4.69) is 0 Å². The highest BCUT2D eigenvalue weighted by Gasteiger charge is 2.52. The molecule has 0 aromatic rings. The van der Waals surface area contributed by atoms with Crippen LogP contribution >= 0.6 is 0 Å². The highest BCUT2D eigenvalue weighted by Crippen LogP contribution is 2.37. The summed E-state index contributed by atoms with van der Waals surface area (Å²) in [6.45, 7) is 8.22. The van der Waals surface area contributed by atoms with E-state index in [0.29, 0.717) is 0 Å². The second-order valence-corrected chi connectivity index (χ2v) is 8.66. The molecule has 0 aliphatic heterocycles. The molecule has 0 saturated heterocycles. The maximum absolute atomic E-state index is 12.1. The lowest BCUT2D eigenvalue weighted by atomic mass is 9.76. The lowest BCUT2D eigenvalue weighted by Crippen LogP contribution is -2.57. The zero-order valence-electron chi connectivity index (χ0n) is 21.4. The predicted molar refractivity (Wildman–Crippen MR) is 121 cm³/mol. The molecule has 0 bridgehead atoms. The first-order valence-corrected chi connectivity index (χ1v) is 11.2. The average Bonchev–Trinajstić information content (AvgIpc) is 2.72. The molecule has 0 amide bonds. The minimum Gasteiger partial charge on any atom is -0.462 e. The first-order valence-electron chi connectivity index (χ1n) is 11.2. The van der Waals surface area contributed by atoms with Crippen molar-refractivity contribution in [3.05, 3.63) is 21.3 Å². The van der Waals surface area contributed by atoms with Crippen LogP contribution in [0.4, 0.5) is 0 Å². The molecule has 0 heterocycles. The van der Waals surface area contributed by atoms with Crippen molar-refractivity contribution >= 4 is 29.8 Å². The van der Waals surface area contributed by atoms with Crippen LogP contribution in [0.3, 0.4) is 0 Å². The van der Waals surface area contributed by atoms with Gasteiger partial charge in [-0.1, -0.05) is 11.1 Å². The summed E-state index contributed by atoms with van der Waals surface area (Å²) in [7, 11) is 0. The Morgan fingerprint density at radius 1 is 0.778 bits per heavy atom. The molecule has 0 aromatic carbocycles. The van der Waals surface area contributed by atoms with Gasteiger partial charge in [-0.05, 0) is 20.3 Å². The maximum atomic E-state index is 12.1. The van der Waals surface area contributed by atoms with Crippen LogP contribution in [0.25, 0.3) is 0 Å². The molecule has 0 saturated carbocycles. The molecule has 13 nitrogen and oxygen atoms in total. The summed E-state index contributed by atoms with van der Waals surface area (Å²) in [5, 5.41) is 12.0. The van der Waals surface area contributed by atoms with Crippen molar-refractivity contribution in [1.29, 1.82) is 0 Å². The van der Waals surface area contributed by atoms with E-state index >= 15 is 0 Å². The summed E-state index contributed by atoms with van der Waals surface area (Å²) in [6.07, 6.45) is -6.10. The Morgan fingerprint density at radius 3 is 1.69 bits per heavy atom. The molecule has 1 aliphatic carbocycles. The van der Waals surface area contributed by atoms with E-state index in [1.807, 2.05) is 0 Å². The van der Waals surface area contributed by atoms with Crippen LogP contribution in [0.1, 0.15) is 61.3 Å². The Labute approximate surface area is 208 Å². The van der Waals surface area contributed by atoms with Crippen molar-refractivity contribution in [3.63, 3.8) is 0 Å². The van der Waals surface area contributed by atoms with Crippen molar-refractivity contribution in [1.82, 2.24) is 0 Å². The minimum atomic E-state index is -1.64. The number of carbonyl (C=O) groups is 5. The molecule has 0 spiro atoms. The fourth-order valence-electron chi connectivity index (χ4n) is 4.13. The van der Waals surface area contributed by atoms with E-state index in [9.17, 15) is 34.1 Å². The first kappa shape index (κ1) is 30.5. The molecular weight excluding hydrogens is 482 g/mol. The molecule has 202 valence electrons. The smallest absolute Gasteiger partial charge is 0.303 e. The zero-order chi connectivity index (χ0) is 27.7. The summed E-state index contributed by atoms with van der Waals surface area (Å²) >= 11 is 0. The third-order valence-corrected chi connectivity index (χ3v) is 5.66. The number of carbonyl (C=O) groups excluding carboxylic acids is 5. The molecule has 1 rings (SSSR count). The molecule has 36 heavy (non-hydrogen) atoms. The van der Waals surface area contributed by atoms with Crippen molar-refractivity contribution in [2.45, 2.75) is 91.8 Å². The number of esters is 5.